The third-order valence-corrected chi connectivity index (χ3v) is 1.59. The summed E-state index contributed by atoms with van der Waals surface area (Å²) >= 11 is 0. The maximum atomic E-state index is 12.9. The molecule has 5 nitrogen and oxygen atoms in total. The lowest BCUT2D eigenvalue weighted by Crippen LogP contribution is -1.99. The van der Waals surface area contributed by atoms with Gasteiger partial charge in [-0.2, -0.15) is 0 Å². The van der Waals surface area contributed by atoms with Gasteiger partial charge in [0.2, 0.25) is 0 Å². The van der Waals surface area contributed by atoms with Gasteiger partial charge >= 0.3 is 0 Å². The van der Waals surface area contributed by atoms with Crippen LogP contribution in [0.4, 0.5) is 15.8 Å². The minimum Gasteiger partial charge on any atom is -0.392 e. The summed E-state index contributed by atoms with van der Waals surface area (Å²) in [4.78, 5) is 19.6. The number of benzene rings is 1. The Kier molecular flexibility index (Phi) is 2.98. The van der Waals surface area contributed by atoms with Crippen LogP contribution in [0.5, 0.6) is 0 Å². The first kappa shape index (κ1) is 10.7. The zero-order valence-electron chi connectivity index (χ0n) is 7.36. The fraction of sp³-hybridized carbons (Fsp3) is 0. The summed E-state index contributed by atoms with van der Waals surface area (Å²) in [5.74, 6) is 3.38. The van der Waals surface area contributed by atoms with Crippen LogP contribution in [0.1, 0.15) is 5.56 Å². The van der Waals surface area contributed by atoms with E-state index in [2.05, 4.69) is 5.92 Å². The molecule has 0 bridgehead atoms. The molecule has 0 amide bonds. The molecule has 6 heteroatoms. The van der Waals surface area contributed by atoms with Crippen LogP contribution in [0.3, 0.4) is 0 Å². The summed E-state index contributed by atoms with van der Waals surface area (Å²) in [5.41, 5.74) is 4.47. The van der Waals surface area contributed by atoms with Crippen molar-refractivity contribution in [1.82, 2.24) is 0 Å². The summed E-state index contributed by atoms with van der Waals surface area (Å²) < 4.78 is 12.9. The average molecular weight is 208 g/mol. The van der Waals surface area contributed by atoms with E-state index in [9.17, 15) is 19.3 Å². The third-order valence-electron chi connectivity index (χ3n) is 1.59. The van der Waals surface area contributed by atoms with Crippen LogP contribution in [0, 0.1) is 27.8 Å². The van der Waals surface area contributed by atoms with Gasteiger partial charge < -0.3 is 5.73 Å². The van der Waals surface area contributed by atoms with Gasteiger partial charge in [0.25, 0.3) is 5.69 Å². The molecular formula is C9H5FN2O3. The van der Waals surface area contributed by atoms with Gasteiger partial charge in [-0.15, -0.1) is 0 Å². The molecule has 0 unspecified atom stereocenters. The second-order valence-corrected chi connectivity index (χ2v) is 2.53. The molecule has 0 radical (unpaired) electrons. The quantitative estimate of drug-likeness (QED) is 0.244. The van der Waals surface area contributed by atoms with Crippen molar-refractivity contribution in [1.29, 1.82) is 0 Å². The van der Waals surface area contributed by atoms with E-state index in [4.69, 9.17) is 5.73 Å². The molecule has 0 atom stereocenters. The van der Waals surface area contributed by atoms with Crippen LogP contribution < -0.4 is 5.73 Å². The number of hydrogen-bond donors (Lipinski definition) is 1. The zero-order valence-corrected chi connectivity index (χ0v) is 7.36. The highest BCUT2D eigenvalue weighted by Crippen LogP contribution is 2.25. The number of rotatable bonds is 1. The second kappa shape index (κ2) is 4.19. The Balaban J connectivity index is 3.40. The first-order valence-electron chi connectivity index (χ1n) is 3.75. The largest absolute Gasteiger partial charge is 0.392 e. The molecule has 0 aliphatic heterocycles. The van der Waals surface area contributed by atoms with Gasteiger partial charge in [-0.25, -0.2) is 4.39 Å². The molecule has 1 rings (SSSR count). The summed E-state index contributed by atoms with van der Waals surface area (Å²) in [6.07, 6.45) is 0.288. The van der Waals surface area contributed by atoms with Crippen molar-refractivity contribution in [2.75, 3.05) is 5.73 Å². The smallest absolute Gasteiger partial charge is 0.296 e. The van der Waals surface area contributed by atoms with Gasteiger partial charge in [-0.05, 0) is 12.0 Å². The van der Waals surface area contributed by atoms with Crippen molar-refractivity contribution in [3.8, 4) is 11.8 Å². The zero-order chi connectivity index (χ0) is 11.4. The van der Waals surface area contributed by atoms with Gasteiger partial charge in [0, 0.05) is 0 Å². The Labute approximate surface area is 83.8 Å². The third kappa shape index (κ3) is 2.28. The van der Waals surface area contributed by atoms with E-state index < -0.39 is 16.4 Å². The van der Waals surface area contributed by atoms with Gasteiger partial charge in [-0.1, -0.05) is 5.92 Å². The van der Waals surface area contributed by atoms with E-state index in [1.165, 1.54) is 0 Å². The van der Waals surface area contributed by atoms with Crippen molar-refractivity contribution in [2.45, 2.75) is 0 Å². The predicted octanol–water partition coefficient (Wildman–Crippen LogP) is 0.867. The molecule has 15 heavy (non-hydrogen) atoms. The Morgan fingerprint density at radius 3 is 2.73 bits per heavy atom. The maximum absolute atomic E-state index is 12.9. The summed E-state index contributed by atoms with van der Waals surface area (Å²) in [6.45, 7) is 0. The molecule has 0 aromatic heterocycles. The highest BCUT2D eigenvalue weighted by atomic mass is 19.1. The van der Waals surface area contributed by atoms with Gasteiger partial charge in [0.1, 0.15) is 11.5 Å². The second-order valence-electron chi connectivity index (χ2n) is 2.53. The predicted molar refractivity (Wildman–Crippen MR) is 50.4 cm³/mol. The van der Waals surface area contributed by atoms with Crippen molar-refractivity contribution in [3.63, 3.8) is 0 Å². The molecule has 0 saturated heterocycles. The van der Waals surface area contributed by atoms with E-state index in [-0.39, 0.29) is 17.5 Å². The first-order valence-corrected chi connectivity index (χ1v) is 3.75. The molecule has 2 N–H and O–H groups in total. The summed E-state index contributed by atoms with van der Waals surface area (Å²) in [7, 11) is 0. The lowest BCUT2D eigenvalue weighted by Gasteiger charge is -1.99. The van der Waals surface area contributed by atoms with Crippen LogP contribution >= 0.6 is 0 Å². The van der Waals surface area contributed by atoms with E-state index in [0.29, 0.717) is 6.07 Å². The van der Waals surface area contributed by atoms with Gasteiger partial charge in [0.05, 0.1) is 16.6 Å². The number of nitro benzene ring substituents is 1. The monoisotopic (exact) mass is 208 g/mol. The normalized spacial score (nSPS) is 8.87. The van der Waals surface area contributed by atoms with Crippen LogP contribution in [0.2, 0.25) is 0 Å². The molecule has 76 valence electrons. The van der Waals surface area contributed by atoms with Crippen molar-refractivity contribution in [2.24, 2.45) is 0 Å². The minimum atomic E-state index is -0.828. The SMILES string of the molecule is Nc1c(C#CC=O)cc(F)cc1[N+](=O)[O-]. The Morgan fingerprint density at radius 2 is 2.20 bits per heavy atom. The number of halogens is 1. The van der Waals surface area contributed by atoms with E-state index in [0.717, 1.165) is 6.07 Å². The number of carbonyl (C=O) groups excluding carboxylic acids is 1. The Bertz CT molecular complexity index is 488. The van der Waals surface area contributed by atoms with Crippen molar-refractivity contribution >= 4 is 17.7 Å². The van der Waals surface area contributed by atoms with Crippen LogP contribution in [-0.2, 0) is 4.79 Å². The van der Waals surface area contributed by atoms with Gasteiger partial charge in [0.15, 0.2) is 6.29 Å². The number of carbonyl (C=O) groups is 1. The lowest BCUT2D eigenvalue weighted by atomic mass is 10.1. The molecule has 0 spiro atoms. The minimum absolute atomic E-state index is 0.0752. The first-order chi connectivity index (χ1) is 7.06. The molecule has 1 aromatic carbocycles. The fourth-order valence-corrected chi connectivity index (χ4v) is 0.965. The number of aldehydes is 1. The number of nitrogens with two attached hydrogens (primary N) is 1. The van der Waals surface area contributed by atoms with Crippen LogP contribution in [0.25, 0.3) is 0 Å². The molecular weight excluding hydrogens is 203 g/mol. The Hall–Kier alpha value is -2.42. The number of nitrogen functional groups attached to an aromatic ring is 1. The Morgan fingerprint density at radius 1 is 1.53 bits per heavy atom. The van der Waals surface area contributed by atoms with E-state index in [1.807, 2.05) is 5.92 Å². The van der Waals surface area contributed by atoms with Crippen LogP contribution in [0.15, 0.2) is 12.1 Å². The van der Waals surface area contributed by atoms with E-state index in [1.54, 1.807) is 0 Å². The molecule has 0 aliphatic rings. The molecule has 0 aliphatic carbocycles. The van der Waals surface area contributed by atoms with Crippen molar-refractivity contribution in [3.05, 3.63) is 33.6 Å². The number of nitro groups is 1. The molecule has 0 heterocycles. The topological polar surface area (TPSA) is 86.2 Å². The molecule has 1 aromatic rings. The summed E-state index contributed by atoms with van der Waals surface area (Å²) in [6, 6.07) is 1.63. The standard InChI is InChI=1S/C9H5FN2O3/c10-7-4-6(2-1-3-13)9(11)8(5-7)12(14)15/h3-5H,11H2. The van der Waals surface area contributed by atoms with Gasteiger partial charge in [-0.3, -0.25) is 14.9 Å². The average Bonchev–Trinajstić information content (AvgIpc) is 2.18. The highest BCUT2D eigenvalue weighted by molar-refractivity contribution is 5.77. The van der Waals surface area contributed by atoms with Crippen LogP contribution in [-0.4, -0.2) is 11.2 Å². The number of hydrogen-bond acceptors (Lipinski definition) is 4. The lowest BCUT2D eigenvalue weighted by molar-refractivity contribution is -0.384. The fourth-order valence-electron chi connectivity index (χ4n) is 0.965. The molecule has 0 fully saturated rings. The highest BCUT2D eigenvalue weighted by Gasteiger charge is 2.16. The summed E-state index contributed by atoms with van der Waals surface area (Å²) in [5, 5.41) is 10.4. The van der Waals surface area contributed by atoms with E-state index >= 15 is 0 Å². The van der Waals surface area contributed by atoms with Crippen molar-refractivity contribution < 1.29 is 14.1 Å². The number of nitrogens with zero attached hydrogens (tertiary/aromatic N) is 1. The maximum Gasteiger partial charge on any atom is 0.296 e. The molecule has 0 saturated carbocycles. The number of anilines is 1.